The first-order chi connectivity index (χ1) is 7.16. The summed E-state index contributed by atoms with van der Waals surface area (Å²) in [6.07, 6.45) is 0.0473. The van der Waals surface area contributed by atoms with Crippen molar-refractivity contribution in [2.24, 2.45) is 5.92 Å². The fourth-order valence-corrected chi connectivity index (χ4v) is 1.92. The van der Waals surface area contributed by atoms with Gasteiger partial charge in [0.15, 0.2) is 0 Å². The summed E-state index contributed by atoms with van der Waals surface area (Å²) in [5.41, 5.74) is 0.991. The number of aromatic nitrogens is 1. The van der Waals surface area contributed by atoms with Crippen molar-refractivity contribution in [3.05, 3.63) is 17.5 Å². The first kappa shape index (κ1) is 10.5. The maximum absolute atomic E-state index is 12.4. The Hall–Kier alpha value is -0.970. The molecule has 0 saturated carbocycles. The number of rotatable bonds is 3. The summed E-state index contributed by atoms with van der Waals surface area (Å²) in [5.74, 6) is 0.306. The second-order valence-corrected chi connectivity index (χ2v) is 4.03. The van der Waals surface area contributed by atoms with Crippen molar-refractivity contribution >= 4 is 0 Å². The lowest BCUT2D eigenvalue weighted by molar-refractivity contribution is 0.0802. The normalized spacial score (nSPS) is 22.8. The van der Waals surface area contributed by atoms with Crippen molar-refractivity contribution in [2.45, 2.75) is 26.3 Å². The Morgan fingerprint density at radius 3 is 3.00 bits per heavy atom. The molecule has 0 N–H and O–H groups in total. The third kappa shape index (κ3) is 2.34. The summed E-state index contributed by atoms with van der Waals surface area (Å²) in [7, 11) is 0. The van der Waals surface area contributed by atoms with E-state index in [9.17, 15) is 8.78 Å². The lowest BCUT2D eigenvalue weighted by atomic mass is 10.1. The number of alkyl halides is 2. The number of aryl methyl sites for hydroxylation is 1. The second-order valence-electron chi connectivity index (χ2n) is 4.03. The minimum absolute atomic E-state index is 0.467. The number of nitrogens with zero attached hydrogens (tertiary/aromatic N) is 2. The minimum atomic E-state index is -2.20. The van der Waals surface area contributed by atoms with E-state index in [0.29, 0.717) is 19.5 Å². The van der Waals surface area contributed by atoms with Gasteiger partial charge in [0.05, 0.1) is 6.20 Å². The maximum Gasteiger partial charge on any atom is 0.242 e. The van der Waals surface area contributed by atoms with Crippen LogP contribution in [-0.4, -0.2) is 29.6 Å². The molecule has 0 spiro atoms. The van der Waals surface area contributed by atoms with E-state index in [0.717, 1.165) is 17.9 Å². The van der Waals surface area contributed by atoms with Crippen LogP contribution in [0.3, 0.4) is 0 Å². The molecule has 0 aromatic carbocycles. The molecule has 15 heavy (non-hydrogen) atoms. The molecule has 5 heteroatoms. The Morgan fingerprint density at radius 1 is 1.67 bits per heavy atom. The molecule has 0 amide bonds. The van der Waals surface area contributed by atoms with Gasteiger partial charge in [-0.05, 0) is 19.9 Å². The van der Waals surface area contributed by atoms with E-state index < -0.39 is 12.3 Å². The van der Waals surface area contributed by atoms with Crippen LogP contribution in [0, 0.1) is 12.8 Å². The largest absolute Gasteiger partial charge is 0.361 e. The highest BCUT2D eigenvalue weighted by molar-refractivity contribution is 5.11. The predicted octanol–water partition coefficient (Wildman–Crippen LogP) is 2.07. The number of likely N-dealkylation sites (tertiary alicyclic amines) is 1. The van der Waals surface area contributed by atoms with Crippen molar-refractivity contribution in [3.8, 4) is 0 Å². The minimum Gasteiger partial charge on any atom is -0.361 e. The van der Waals surface area contributed by atoms with Gasteiger partial charge in [-0.15, -0.1) is 0 Å². The van der Waals surface area contributed by atoms with E-state index in [2.05, 4.69) is 5.16 Å². The zero-order valence-electron chi connectivity index (χ0n) is 8.62. The summed E-state index contributed by atoms with van der Waals surface area (Å²) in [6, 6.07) is 0. The van der Waals surface area contributed by atoms with Gasteiger partial charge in [-0.2, -0.15) is 0 Å². The molecule has 1 aliphatic rings. The molecule has 1 saturated heterocycles. The van der Waals surface area contributed by atoms with E-state index in [1.165, 1.54) is 0 Å². The number of hydrogen-bond donors (Lipinski definition) is 0. The summed E-state index contributed by atoms with van der Waals surface area (Å²) >= 11 is 0. The monoisotopic (exact) mass is 216 g/mol. The van der Waals surface area contributed by atoms with Gasteiger partial charge >= 0.3 is 0 Å². The molecule has 1 aliphatic heterocycles. The first-order valence-corrected chi connectivity index (χ1v) is 5.07. The lowest BCUT2D eigenvalue weighted by Gasteiger charge is -2.14. The quantitative estimate of drug-likeness (QED) is 0.774. The molecule has 84 valence electrons. The van der Waals surface area contributed by atoms with E-state index in [1.807, 2.05) is 11.8 Å². The third-order valence-electron chi connectivity index (χ3n) is 2.91. The summed E-state index contributed by atoms with van der Waals surface area (Å²) < 4.78 is 29.8. The van der Waals surface area contributed by atoms with Crippen LogP contribution in [0.2, 0.25) is 0 Å². The Balaban J connectivity index is 1.90. The third-order valence-corrected chi connectivity index (χ3v) is 2.91. The average Bonchev–Trinajstić information content (AvgIpc) is 2.77. The summed E-state index contributed by atoms with van der Waals surface area (Å²) in [6.45, 7) is 3.71. The highest BCUT2D eigenvalue weighted by atomic mass is 19.3. The molecular weight excluding hydrogens is 202 g/mol. The highest BCUT2D eigenvalue weighted by Gasteiger charge is 2.29. The SMILES string of the molecule is Cc1oncc1CN1CCC(C(F)F)C1. The zero-order valence-corrected chi connectivity index (χ0v) is 8.62. The van der Waals surface area contributed by atoms with Gasteiger partial charge in [-0.1, -0.05) is 5.16 Å². The van der Waals surface area contributed by atoms with Crippen LogP contribution in [-0.2, 0) is 6.54 Å². The van der Waals surface area contributed by atoms with Crippen LogP contribution in [0.25, 0.3) is 0 Å². The Labute approximate surface area is 87.0 Å². The molecule has 1 aromatic heterocycles. The van der Waals surface area contributed by atoms with E-state index in [4.69, 9.17) is 4.52 Å². The van der Waals surface area contributed by atoms with Gasteiger partial charge in [0.2, 0.25) is 6.43 Å². The molecule has 0 bridgehead atoms. The van der Waals surface area contributed by atoms with Crippen LogP contribution in [0.5, 0.6) is 0 Å². The Morgan fingerprint density at radius 2 is 2.47 bits per heavy atom. The van der Waals surface area contributed by atoms with Crippen molar-refractivity contribution in [2.75, 3.05) is 13.1 Å². The van der Waals surface area contributed by atoms with Crippen molar-refractivity contribution < 1.29 is 13.3 Å². The van der Waals surface area contributed by atoms with Gasteiger partial charge in [0.25, 0.3) is 0 Å². The van der Waals surface area contributed by atoms with Gasteiger partial charge < -0.3 is 4.52 Å². The molecule has 1 unspecified atom stereocenters. The van der Waals surface area contributed by atoms with Crippen molar-refractivity contribution in [3.63, 3.8) is 0 Å². The second kappa shape index (κ2) is 4.26. The van der Waals surface area contributed by atoms with Crippen molar-refractivity contribution in [1.82, 2.24) is 10.1 Å². The molecule has 2 rings (SSSR count). The van der Waals surface area contributed by atoms with Gasteiger partial charge in [-0.3, -0.25) is 4.90 Å². The fraction of sp³-hybridized carbons (Fsp3) is 0.700. The van der Waals surface area contributed by atoms with Crippen LogP contribution >= 0.6 is 0 Å². The topological polar surface area (TPSA) is 29.3 Å². The molecule has 1 atom stereocenters. The Kier molecular flexibility index (Phi) is 3.00. The molecule has 0 radical (unpaired) electrons. The molecular formula is C10H14F2N2O. The standard InChI is InChI=1S/C10H14F2N2O/c1-7-9(4-13-15-7)6-14-3-2-8(5-14)10(11)12/h4,8,10H,2-3,5-6H2,1H3. The van der Waals surface area contributed by atoms with Crippen LogP contribution in [0.4, 0.5) is 8.78 Å². The summed E-state index contributed by atoms with van der Waals surface area (Å²) in [4.78, 5) is 2.02. The van der Waals surface area contributed by atoms with E-state index >= 15 is 0 Å². The van der Waals surface area contributed by atoms with Gasteiger partial charge in [0.1, 0.15) is 5.76 Å². The van der Waals surface area contributed by atoms with Crippen LogP contribution in [0.15, 0.2) is 10.7 Å². The lowest BCUT2D eigenvalue weighted by Crippen LogP contribution is -2.22. The van der Waals surface area contributed by atoms with Crippen molar-refractivity contribution in [1.29, 1.82) is 0 Å². The van der Waals surface area contributed by atoms with E-state index in [1.54, 1.807) is 6.20 Å². The smallest absolute Gasteiger partial charge is 0.242 e. The average molecular weight is 216 g/mol. The van der Waals surface area contributed by atoms with Gasteiger partial charge in [-0.25, -0.2) is 8.78 Å². The van der Waals surface area contributed by atoms with E-state index in [-0.39, 0.29) is 0 Å². The Bertz CT molecular complexity index is 327. The highest BCUT2D eigenvalue weighted by Crippen LogP contribution is 2.24. The predicted molar refractivity (Wildman–Crippen MR) is 50.6 cm³/mol. The van der Waals surface area contributed by atoms with Gasteiger partial charge in [0, 0.05) is 24.6 Å². The molecule has 3 nitrogen and oxygen atoms in total. The molecule has 1 aromatic rings. The molecule has 2 heterocycles. The molecule has 1 fully saturated rings. The molecule has 0 aliphatic carbocycles. The first-order valence-electron chi connectivity index (χ1n) is 5.07. The summed E-state index contributed by atoms with van der Waals surface area (Å²) in [5, 5.41) is 3.67. The number of hydrogen-bond acceptors (Lipinski definition) is 3. The maximum atomic E-state index is 12.4. The zero-order chi connectivity index (χ0) is 10.8. The fourth-order valence-electron chi connectivity index (χ4n) is 1.92. The number of halogens is 2. The van der Waals surface area contributed by atoms with Crippen LogP contribution in [0.1, 0.15) is 17.7 Å². The van der Waals surface area contributed by atoms with Crippen LogP contribution < -0.4 is 0 Å².